The lowest BCUT2D eigenvalue weighted by molar-refractivity contribution is -0.121. The van der Waals surface area contributed by atoms with Crippen LogP contribution in [0.25, 0.3) is 21.7 Å². The van der Waals surface area contributed by atoms with Gasteiger partial charge in [-0.2, -0.15) is 5.10 Å². The van der Waals surface area contributed by atoms with E-state index in [-0.39, 0.29) is 5.91 Å². The first-order valence-electron chi connectivity index (χ1n) is 8.85. The number of H-pyrrole nitrogens is 1. The number of aromatic nitrogens is 1. The molecular formula is C22H20N4O. The summed E-state index contributed by atoms with van der Waals surface area (Å²) in [5.41, 5.74) is 5.47. The molecule has 0 spiro atoms. The van der Waals surface area contributed by atoms with Gasteiger partial charge in [-0.05, 0) is 35.9 Å². The zero-order valence-electron chi connectivity index (χ0n) is 14.9. The number of para-hydroxylation sites is 1. The first kappa shape index (κ1) is 16.8. The Balaban J connectivity index is 1.40. The third-order valence-corrected chi connectivity index (χ3v) is 4.53. The summed E-state index contributed by atoms with van der Waals surface area (Å²) >= 11 is 0. The van der Waals surface area contributed by atoms with E-state index in [1.165, 1.54) is 5.39 Å². The monoisotopic (exact) mass is 356 g/mol. The predicted octanol–water partition coefficient (Wildman–Crippen LogP) is 4.27. The van der Waals surface area contributed by atoms with Crippen LogP contribution in [-0.2, 0) is 4.79 Å². The molecule has 0 saturated carbocycles. The van der Waals surface area contributed by atoms with Gasteiger partial charge in [-0.25, -0.2) is 5.43 Å². The maximum atomic E-state index is 12.3. The summed E-state index contributed by atoms with van der Waals surface area (Å²) in [7, 11) is 0. The number of aromatic amines is 1. The highest BCUT2D eigenvalue weighted by Gasteiger charge is 2.12. The number of anilines is 1. The second-order valence-electron chi connectivity index (χ2n) is 6.45. The van der Waals surface area contributed by atoms with Gasteiger partial charge in [-0.15, -0.1) is 0 Å². The van der Waals surface area contributed by atoms with Crippen LogP contribution in [0.3, 0.4) is 0 Å². The SMILES string of the molecule is C[C@H](Nc1ccc2ccccc2c1)C(=O)N/N=C/c1c[nH]c2ccccc12. The maximum Gasteiger partial charge on any atom is 0.262 e. The molecule has 0 fully saturated rings. The van der Waals surface area contributed by atoms with Crippen molar-refractivity contribution in [2.24, 2.45) is 5.10 Å². The van der Waals surface area contributed by atoms with Crippen LogP contribution < -0.4 is 10.7 Å². The van der Waals surface area contributed by atoms with Crippen molar-refractivity contribution >= 4 is 39.5 Å². The minimum absolute atomic E-state index is 0.195. The minimum atomic E-state index is -0.411. The van der Waals surface area contributed by atoms with E-state index in [0.717, 1.165) is 27.5 Å². The van der Waals surface area contributed by atoms with Gasteiger partial charge in [0.2, 0.25) is 0 Å². The smallest absolute Gasteiger partial charge is 0.262 e. The summed E-state index contributed by atoms with van der Waals surface area (Å²) in [5.74, 6) is -0.195. The van der Waals surface area contributed by atoms with Crippen molar-refractivity contribution in [3.63, 3.8) is 0 Å². The fourth-order valence-electron chi connectivity index (χ4n) is 3.06. The van der Waals surface area contributed by atoms with Crippen LogP contribution in [0.1, 0.15) is 12.5 Å². The lowest BCUT2D eigenvalue weighted by atomic mass is 10.1. The molecule has 5 nitrogen and oxygen atoms in total. The largest absolute Gasteiger partial charge is 0.374 e. The molecule has 4 aromatic rings. The second kappa shape index (κ2) is 7.33. The predicted molar refractivity (Wildman–Crippen MR) is 111 cm³/mol. The first-order valence-corrected chi connectivity index (χ1v) is 8.85. The van der Waals surface area contributed by atoms with Gasteiger partial charge in [-0.3, -0.25) is 4.79 Å². The third-order valence-electron chi connectivity index (χ3n) is 4.53. The molecule has 0 aliphatic heterocycles. The summed E-state index contributed by atoms with van der Waals surface area (Å²) in [4.78, 5) is 15.5. The van der Waals surface area contributed by atoms with Gasteiger partial charge in [-0.1, -0.05) is 48.5 Å². The summed E-state index contributed by atoms with van der Waals surface area (Å²) < 4.78 is 0. The van der Waals surface area contributed by atoms with Crippen molar-refractivity contribution in [1.82, 2.24) is 10.4 Å². The van der Waals surface area contributed by atoms with Gasteiger partial charge >= 0.3 is 0 Å². The van der Waals surface area contributed by atoms with Crippen molar-refractivity contribution in [1.29, 1.82) is 0 Å². The van der Waals surface area contributed by atoms with Gasteiger partial charge in [0.25, 0.3) is 5.91 Å². The van der Waals surface area contributed by atoms with E-state index >= 15 is 0 Å². The fraction of sp³-hybridized carbons (Fsp3) is 0.0909. The van der Waals surface area contributed by atoms with E-state index in [2.05, 4.69) is 33.0 Å². The van der Waals surface area contributed by atoms with Crippen LogP contribution >= 0.6 is 0 Å². The molecule has 0 aliphatic carbocycles. The van der Waals surface area contributed by atoms with Gasteiger partial charge in [0.15, 0.2) is 0 Å². The molecule has 5 heteroatoms. The second-order valence-corrected chi connectivity index (χ2v) is 6.45. The van der Waals surface area contributed by atoms with Crippen LogP contribution in [0.15, 0.2) is 78.0 Å². The van der Waals surface area contributed by atoms with Gasteiger partial charge < -0.3 is 10.3 Å². The van der Waals surface area contributed by atoms with Crippen molar-refractivity contribution in [2.75, 3.05) is 5.32 Å². The average molecular weight is 356 g/mol. The zero-order chi connectivity index (χ0) is 18.6. The molecule has 0 radical (unpaired) electrons. The number of amides is 1. The van der Waals surface area contributed by atoms with Crippen molar-refractivity contribution in [3.8, 4) is 0 Å². The van der Waals surface area contributed by atoms with E-state index in [4.69, 9.17) is 0 Å². The molecule has 27 heavy (non-hydrogen) atoms. The number of hydrogen-bond acceptors (Lipinski definition) is 3. The molecular weight excluding hydrogens is 336 g/mol. The molecule has 134 valence electrons. The average Bonchev–Trinajstić information content (AvgIpc) is 3.11. The van der Waals surface area contributed by atoms with Crippen LogP contribution in [0, 0.1) is 0 Å². The highest BCUT2D eigenvalue weighted by molar-refractivity contribution is 5.99. The lowest BCUT2D eigenvalue weighted by Gasteiger charge is -2.14. The Morgan fingerprint density at radius 3 is 2.70 bits per heavy atom. The van der Waals surface area contributed by atoms with E-state index in [0.29, 0.717) is 0 Å². The Kier molecular flexibility index (Phi) is 4.58. The number of carbonyl (C=O) groups is 1. The van der Waals surface area contributed by atoms with Crippen LogP contribution in [0.2, 0.25) is 0 Å². The number of benzene rings is 3. The Labute approximate surface area is 157 Å². The highest BCUT2D eigenvalue weighted by atomic mass is 16.2. The molecule has 4 rings (SSSR count). The lowest BCUT2D eigenvalue weighted by Crippen LogP contribution is -2.34. The molecule has 1 aromatic heterocycles. The Hall–Kier alpha value is -3.60. The van der Waals surface area contributed by atoms with Gasteiger partial charge in [0, 0.05) is 28.4 Å². The standard InChI is InChI=1S/C22H20N4O/c1-15(25-19-11-10-16-6-2-3-7-17(16)12-19)22(27)26-24-14-18-13-23-21-9-5-4-8-20(18)21/h2-15,23,25H,1H3,(H,26,27)/b24-14+/t15-/m0/s1. The van der Waals surface area contributed by atoms with Crippen molar-refractivity contribution in [3.05, 3.63) is 78.5 Å². The Morgan fingerprint density at radius 2 is 1.81 bits per heavy atom. The number of fused-ring (bicyclic) bond motifs is 2. The molecule has 1 atom stereocenters. The Bertz CT molecular complexity index is 1130. The van der Waals surface area contributed by atoms with E-state index in [1.54, 1.807) is 6.21 Å². The molecule has 0 saturated heterocycles. The van der Waals surface area contributed by atoms with E-state index < -0.39 is 6.04 Å². The van der Waals surface area contributed by atoms with E-state index in [9.17, 15) is 4.79 Å². The van der Waals surface area contributed by atoms with Gasteiger partial charge in [0.05, 0.1) is 6.21 Å². The summed E-state index contributed by atoms with van der Waals surface area (Å²) in [6.07, 6.45) is 3.52. The normalized spacial score (nSPS) is 12.5. The summed E-state index contributed by atoms with van der Waals surface area (Å²) in [5, 5.41) is 10.7. The molecule has 0 unspecified atom stereocenters. The molecule has 1 heterocycles. The quantitative estimate of drug-likeness (QED) is 0.369. The molecule has 0 bridgehead atoms. The van der Waals surface area contributed by atoms with Crippen molar-refractivity contribution in [2.45, 2.75) is 13.0 Å². The summed E-state index contributed by atoms with van der Waals surface area (Å²) in [6, 6.07) is 21.7. The molecule has 3 N–H and O–H groups in total. The molecule has 3 aromatic carbocycles. The maximum absolute atomic E-state index is 12.3. The number of rotatable bonds is 5. The van der Waals surface area contributed by atoms with Crippen LogP contribution in [-0.4, -0.2) is 23.1 Å². The summed E-state index contributed by atoms with van der Waals surface area (Å²) in [6.45, 7) is 1.81. The topological polar surface area (TPSA) is 69.3 Å². The fourth-order valence-corrected chi connectivity index (χ4v) is 3.06. The zero-order valence-corrected chi connectivity index (χ0v) is 14.9. The Morgan fingerprint density at radius 1 is 1.04 bits per heavy atom. The molecule has 0 aliphatic rings. The molecule has 1 amide bonds. The third kappa shape index (κ3) is 3.67. The van der Waals surface area contributed by atoms with E-state index in [1.807, 2.05) is 67.7 Å². The first-order chi connectivity index (χ1) is 13.2. The van der Waals surface area contributed by atoms with Crippen LogP contribution in [0.5, 0.6) is 0 Å². The minimum Gasteiger partial charge on any atom is -0.374 e. The number of hydrazone groups is 1. The number of nitrogens with zero attached hydrogens (tertiary/aromatic N) is 1. The highest BCUT2D eigenvalue weighted by Crippen LogP contribution is 2.19. The number of carbonyl (C=O) groups excluding carboxylic acids is 1. The van der Waals surface area contributed by atoms with Gasteiger partial charge in [0.1, 0.15) is 6.04 Å². The van der Waals surface area contributed by atoms with Crippen molar-refractivity contribution < 1.29 is 4.79 Å². The number of hydrogen-bond donors (Lipinski definition) is 3. The number of nitrogens with one attached hydrogen (secondary N) is 3. The van der Waals surface area contributed by atoms with Crippen LogP contribution in [0.4, 0.5) is 5.69 Å².